The van der Waals surface area contributed by atoms with Crippen molar-refractivity contribution in [2.75, 3.05) is 6.54 Å². The van der Waals surface area contributed by atoms with Crippen molar-refractivity contribution in [3.63, 3.8) is 0 Å². The largest absolute Gasteiger partial charge is 0.393 e. The predicted molar refractivity (Wildman–Crippen MR) is 71.8 cm³/mol. The molecule has 1 aromatic rings. The van der Waals surface area contributed by atoms with E-state index in [0.29, 0.717) is 6.42 Å². The van der Waals surface area contributed by atoms with Gasteiger partial charge in [0.2, 0.25) is 10.0 Å². The third-order valence-electron chi connectivity index (χ3n) is 2.73. The number of aliphatic hydroxyl groups excluding tert-OH is 1. The summed E-state index contributed by atoms with van der Waals surface area (Å²) >= 11 is 0. The van der Waals surface area contributed by atoms with E-state index in [4.69, 9.17) is 5.26 Å². The Labute approximate surface area is 118 Å². The fourth-order valence-electron chi connectivity index (χ4n) is 1.76. The lowest BCUT2D eigenvalue weighted by atomic mass is 10.1. The molecule has 0 saturated heterocycles. The Morgan fingerprint density at radius 3 is 2.65 bits per heavy atom. The average molecular weight is 300 g/mol. The number of nitriles is 1. The van der Waals surface area contributed by atoms with Gasteiger partial charge in [-0.05, 0) is 37.5 Å². The van der Waals surface area contributed by atoms with Crippen LogP contribution in [0.15, 0.2) is 23.1 Å². The highest BCUT2D eigenvalue weighted by Gasteiger charge is 2.17. The highest BCUT2D eigenvalue weighted by molar-refractivity contribution is 7.89. The maximum atomic E-state index is 13.2. The van der Waals surface area contributed by atoms with E-state index in [-0.39, 0.29) is 22.9 Å². The lowest BCUT2D eigenvalue weighted by Gasteiger charge is -2.14. The SMILES string of the molecule is CC(O)CC(C)CNS(=O)(=O)c1ccc(F)c(C#N)c1. The summed E-state index contributed by atoms with van der Waals surface area (Å²) in [5.74, 6) is -0.797. The highest BCUT2D eigenvalue weighted by Crippen LogP contribution is 2.15. The number of nitrogens with zero attached hydrogens (tertiary/aromatic N) is 1. The summed E-state index contributed by atoms with van der Waals surface area (Å²) in [4.78, 5) is -0.153. The van der Waals surface area contributed by atoms with Crippen LogP contribution >= 0.6 is 0 Å². The average Bonchev–Trinajstić information content (AvgIpc) is 2.36. The van der Waals surface area contributed by atoms with Gasteiger partial charge in [0.05, 0.1) is 16.6 Å². The van der Waals surface area contributed by atoms with Crippen LogP contribution in [0.2, 0.25) is 0 Å². The van der Waals surface area contributed by atoms with E-state index in [1.54, 1.807) is 19.9 Å². The van der Waals surface area contributed by atoms with Crippen LogP contribution in [-0.2, 0) is 10.0 Å². The quantitative estimate of drug-likeness (QED) is 0.830. The molecule has 2 N–H and O–H groups in total. The van der Waals surface area contributed by atoms with Crippen LogP contribution in [0.4, 0.5) is 4.39 Å². The number of benzene rings is 1. The molecule has 0 bridgehead atoms. The minimum Gasteiger partial charge on any atom is -0.393 e. The second-order valence-corrected chi connectivity index (χ2v) is 6.56. The molecule has 0 aliphatic heterocycles. The summed E-state index contributed by atoms with van der Waals surface area (Å²) in [6.45, 7) is 3.59. The number of hydrogen-bond donors (Lipinski definition) is 2. The van der Waals surface area contributed by atoms with Crippen molar-refractivity contribution in [3.8, 4) is 6.07 Å². The van der Waals surface area contributed by atoms with E-state index < -0.39 is 21.9 Å². The van der Waals surface area contributed by atoms with Gasteiger partial charge in [-0.1, -0.05) is 6.92 Å². The van der Waals surface area contributed by atoms with Gasteiger partial charge in [-0.2, -0.15) is 5.26 Å². The zero-order valence-electron chi connectivity index (χ0n) is 11.3. The van der Waals surface area contributed by atoms with E-state index in [1.165, 1.54) is 0 Å². The van der Waals surface area contributed by atoms with Gasteiger partial charge in [0, 0.05) is 6.54 Å². The number of nitrogens with one attached hydrogen (secondary N) is 1. The van der Waals surface area contributed by atoms with Gasteiger partial charge < -0.3 is 5.11 Å². The second-order valence-electron chi connectivity index (χ2n) is 4.80. The van der Waals surface area contributed by atoms with E-state index >= 15 is 0 Å². The molecule has 5 nitrogen and oxygen atoms in total. The second kappa shape index (κ2) is 6.79. The van der Waals surface area contributed by atoms with Crippen LogP contribution in [0, 0.1) is 23.1 Å². The van der Waals surface area contributed by atoms with Crippen molar-refractivity contribution in [1.29, 1.82) is 5.26 Å². The van der Waals surface area contributed by atoms with Crippen molar-refractivity contribution in [2.45, 2.75) is 31.3 Å². The smallest absolute Gasteiger partial charge is 0.240 e. The van der Waals surface area contributed by atoms with Crippen LogP contribution in [0.25, 0.3) is 0 Å². The van der Waals surface area contributed by atoms with Gasteiger partial charge in [0.25, 0.3) is 0 Å². The first kappa shape index (κ1) is 16.6. The molecular weight excluding hydrogens is 283 g/mol. The maximum Gasteiger partial charge on any atom is 0.240 e. The summed E-state index contributed by atoms with van der Waals surface area (Å²) in [5.41, 5.74) is -0.315. The first-order valence-electron chi connectivity index (χ1n) is 6.13. The minimum absolute atomic E-state index is 0.0411. The fourth-order valence-corrected chi connectivity index (χ4v) is 2.95. The molecule has 1 rings (SSSR count). The van der Waals surface area contributed by atoms with E-state index in [2.05, 4.69) is 4.72 Å². The van der Waals surface area contributed by atoms with Gasteiger partial charge in [-0.3, -0.25) is 0 Å². The Morgan fingerprint density at radius 1 is 1.45 bits per heavy atom. The van der Waals surface area contributed by atoms with Crippen LogP contribution in [0.3, 0.4) is 0 Å². The van der Waals surface area contributed by atoms with E-state index in [1.807, 2.05) is 0 Å². The third kappa shape index (κ3) is 4.56. The molecular formula is C13H17FN2O3S. The molecule has 0 heterocycles. The number of rotatable bonds is 6. The molecule has 0 aliphatic carbocycles. The molecule has 0 aliphatic rings. The third-order valence-corrected chi connectivity index (χ3v) is 4.16. The predicted octanol–water partition coefficient (Wildman–Crippen LogP) is 1.38. The molecule has 2 unspecified atom stereocenters. The molecule has 1 aromatic carbocycles. The van der Waals surface area contributed by atoms with Crippen LogP contribution in [0.5, 0.6) is 0 Å². The number of hydrogen-bond acceptors (Lipinski definition) is 4. The summed E-state index contributed by atoms with van der Waals surface area (Å²) in [7, 11) is -3.79. The monoisotopic (exact) mass is 300 g/mol. The minimum atomic E-state index is -3.79. The molecule has 110 valence electrons. The number of sulfonamides is 1. The normalized spacial score (nSPS) is 14.6. The summed E-state index contributed by atoms with van der Waals surface area (Å²) < 4.78 is 39.5. The molecule has 0 aromatic heterocycles. The fraction of sp³-hybridized carbons (Fsp3) is 0.462. The zero-order valence-corrected chi connectivity index (χ0v) is 12.1. The van der Waals surface area contributed by atoms with Crippen molar-refractivity contribution in [3.05, 3.63) is 29.6 Å². The van der Waals surface area contributed by atoms with Gasteiger partial charge in [0.15, 0.2) is 0 Å². The molecule has 7 heteroatoms. The standard InChI is InChI=1S/C13H17FN2O3S/c1-9(5-10(2)17)8-16-20(18,19)12-3-4-13(14)11(6-12)7-15/h3-4,6,9-10,16-17H,5,8H2,1-2H3. The first-order chi connectivity index (χ1) is 9.26. The van der Waals surface area contributed by atoms with Crippen molar-refractivity contribution in [1.82, 2.24) is 4.72 Å². The molecule has 0 fully saturated rings. The lowest BCUT2D eigenvalue weighted by molar-refractivity contribution is 0.165. The number of halogens is 1. The zero-order chi connectivity index (χ0) is 15.3. The highest BCUT2D eigenvalue weighted by atomic mass is 32.2. The molecule has 2 atom stereocenters. The van der Waals surface area contributed by atoms with Crippen molar-refractivity contribution < 1.29 is 17.9 Å². The summed E-state index contributed by atoms with van der Waals surface area (Å²) in [6, 6.07) is 4.66. The Bertz CT molecular complexity index is 609. The summed E-state index contributed by atoms with van der Waals surface area (Å²) in [5, 5.41) is 17.9. The van der Waals surface area contributed by atoms with Crippen LogP contribution in [-0.4, -0.2) is 26.2 Å². The van der Waals surface area contributed by atoms with E-state index in [9.17, 15) is 17.9 Å². The van der Waals surface area contributed by atoms with Gasteiger partial charge >= 0.3 is 0 Å². The topological polar surface area (TPSA) is 90.2 Å². The van der Waals surface area contributed by atoms with Gasteiger partial charge in [-0.25, -0.2) is 17.5 Å². The van der Waals surface area contributed by atoms with Crippen LogP contribution < -0.4 is 4.72 Å². The summed E-state index contributed by atoms with van der Waals surface area (Å²) in [6.07, 6.45) is -0.0411. The van der Waals surface area contributed by atoms with Crippen LogP contribution in [0.1, 0.15) is 25.8 Å². The molecule has 0 spiro atoms. The Morgan fingerprint density at radius 2 is 2.10 bits per heavy atom. The lowest BCUT2D eigenvalue weighted by Crippen LogP contribution is -2.29. The first-order valence-corrected chi connectivity index (χ1v) is 7.62. The van der Waals surface area contributed by atoms with Crippen molar-refractivity contribution >= 4 is 10.0 Å². The van der Waals surface area contributed by atoms with Gasteiger partial charge in [-0.15, -0.1) is 0 Å². The number of aliphatic hydroxyl groups is 1. The Hall–Kier alpha value is -1.49. The Kier molecular flexibility index (Phi) is 5.62. The Balaban J connectivity index is 2.82. The molecule has 0 saturated carbocycles. The maximum absolute atomic E-state index is 13.2. The molecule has 0 radical (unpaired) electrons. The van der Waals surface area contributed by atoms with Crippen molar-refractivity contribution in [2.24, 2.45) is 5.92 Å². The molecule has 0 amide bonds. The molecule has 20 heavy (non-hydrogen) atoms. The van der Waals surface area contributed by atoms with Gasteiger partial charge in [0.1, 0.15) is 11.9 Å². The van der Waals surface area contributed by atoms with E-state index in [0.717, 1.165) is 18.2 Å².